The first kappa shape index (κ1) is 14.5. The third-order valence-corrected chi connectivity index (χ3v) is 3.51. The summed E-state index contributed by atoms with van der Waals surface area (Å²) in [5.74, 6) is 1.30. The van der Waals surface area contributed by atoms with Gasteiger partial charge in [0.1, 0.15) is 11.8 Å². The lowest BCUT2D eigenvalue weighted by Crippen LogP contribution is -2.31. The highest BCUT2D eigenvalue weighted by Crippen LogP contribution is 2.19. The highest BCUT2D eigenvalue weighted by molar-refractivity contribution is 5.45. The van der Waals surface area contributed by atoms with E-state index >= 15 is 0 Å². The SMILES string of the molecule is CCC(C)C(C)NCc1ccc(C#N)c(OC)c1. The molecule has 0 saturated carbocycles. The molecular formula is C15H22N2O. The monoisotopic (exact) mass is 246 g/mol. The molecule has 1 N–H and O–H groups in total. The molecule has 0 spiro atoms. The van der Waals surface area contributed by atoms with Gasteiger partial charge < -0.3 is 10.1 Å². The van der Waals surface area contributed by atoms with Crippen molar-refractivity contribution in [1.29, 1.82) is 5.26 Å². The normalized spacial score (nSPS) is 13.7. The van der Waals surface area contributed by atoms with Crippen LogP contribution in [-0.2, 0) is 6.54 Å². The zero-order valence-electron chi connectivity index (χ0n) is 11.7. The van der Waals surface area contributed by atoms with E-state index in [9.17, 15) is 0 Å². The Labute approximate surface area is 110 Å². The van der Waals surface area contributed by atoms with Gasteiger partial charge in [-0.1, -0.05) is 26.3 Å². The molecule has 1 aromatic rings. The van der Waals surface area contributed by atoms with E-state index in [-0.39, 0.29) is 0 Å². The molecule has 1 aromatic carbocycles. The smallest absolute Gasteiger partial charge is 0.136 e. The minimum atomic E-state index is 0.483. The molecule has 0 aliphatic heterocycles. The van der Waals surface area contributed by atoms with Gasteiger partial charge in [-0.2, -0.15) is 5.26 Å². The molecule has 0 aliphatic carbocycles. The number of benzene rings is 1. The molecule has 3 heteroatoms. The van der Waals surface area contributed by atoms with Crippen LogP contribution in [0.5, 0.6) is 5.75 Å². The Bertz CT molecular complexity index is 423. The Morgan fingerprint density at radius 1 is 1.39 bits per heavy atom. The van der Waals surface area contributed by atoms with Gasteiger partial charge >= 0.3 is 0 Å². The van der Waals surface area contributed by atoms with E-state index < -0.39 is 0 Å². The first-order valence-corrected chi connectivity index (χ1v) is 6.42. The summed E-state index contributed by atoms with van der Waals surface area (Å²) in [6, 6.07) is 8.31. The van der Waals surface area contributed by atoms with Crippen LogP contribution in [0.15, 0.2) is 18.2 Å². The molecule has 0 aliphatic rings. The molecule has 98 valence electrons. The van der Waals surface area contributed by atoms with Crippen molar-refractivity contribution >= 4 is 0 Å². The van der Waals surface area contributed by atoms with Crippen LogP contribution in [0.2, 0.25) is 0 Å². The van der Waals surface area contributed by atoms with Crippen LogP contribution >= 0.6 is 0 Å². The number of ether oxygens (including phenoxy) is 1. The zero-order chi connectivity index (χ0) is 13.5. The number of hydrogen-bond donors (Lipinski definition) is 1. The van der Waals surface area contributed by atoms with Crippen LogP contribution in [-0.4, -0.2) is 13.2 Å². The average molecular weight is 246 g/mol. The Morgan fingerprint density at radius 2 is 2.11 bits per heavy atom. The molecule has 0 fully saturated rings. The first-order valence-electron chi connectivity index (χ1n) is 6.42. The van der Waals surface area contributed by atoms with Crippen molar-refractivity contribution in [3.63, 3.8) is 0 Å². The van der Waals surface area contributed by atoms with Crippen molar-refractivity contribution < 1.29 is 4.74 Å². The van der Waals surface area contributed by atoms with Gasteiger partial charge in [0.05, 0.1) is 12.7 Å². The first-order chi connectivity index (χ1) is 8.62. The third kappa shape index (κ3) is 3.75. The quantitative estimate of drug-likeness (QED) is 0.839. The lowest BCUT2D eigenvalue weighted by molar-refractivity contribution is 0.388. The Balaban J connectivity index is 2.66. The summed E-state index contributed by atoms with van der Waals surface area (Å²) < 4.78 is 5.20. The van der Waals surface area contributed by atoms with E-state index in [1.54, 1.807) is 7.11 Å². The van der Waals surface area contributed by atoms with Crippen LogP contribution in [0, 0.1) is 17.2 Å². The number of nitriles is 1. The predicted molar refractivity (Wildman–Crippen MR) is 73.5 cm³/mol. The maximum Gasteiger partial charge on any atom is 0.136 e. The molecule has 0 aromatic heterocycles. The fraction of sp³-hybridized carbons (Fsp3) is 0.533. The van der Waals surface area contributed by atoms with Crippen LogP contribution < -0.4 is 10.1 Å². The van der Waals surface area contributed by atoms with Crippen molar-refractivity contribution in [2.75, 3.05) is 7.11 Å². The summed E-state index contributed by atoms with van der Waals surface area (Å²) in [5, 5.41) is 12.4. The van der Waals surface area contributed by atoms with E-state index in [0.717, 1.165) is 12.1 Å². The van der Waals surface area contributed by atoms with Gasteiger partial charge in [0.2, 0.25) is 0 Å². The minimum absolute atomic E-state index is 0.483. The maximum absolute atomic E-state index is 8.92. The number of rotatable bonds is 6. The average Bonchev–Trinajstić information content (AvgIpc) is 2.43. The third-order valence-electron chi connectivity index (χ3n) is 3.51. The zero-order valence-corrected chi connectivity index (χ0v) is 11.7. The molecule has 0 bridgehead atoms. The molecule has 1 rings (SSSR count). The molecular weight excluding hydrogens is 224 g/mol. The number of nitrogens with zero attached hydrogens (tertiary/aromatic N) is 1. The highest BCUT2D eigenvalue weighted by atomic mass is 16.5. The van der Waals surface area contributed by atoms with Gasteiger partial charge in [0.15, 0.2) is 0 Å². The molecule has 0 radical (unpaired) electrons. The van der Waals surface area contributed by atoms with Crippen LogP contribution in [0.4, 0.5) is 0 Å². The molecule has 2 atom stereocenters. The second-order valence-corrected chi connectivity index (χ2v) is 4.70. The van der Waals surface area contributed by atoms with Crippen molar-refractivity contribution in [2.45, 2.75) is 39.8 Å². The van der Waals surface area contributed by atoms with Gasteiger partial charge in [-0.3, -0.25) is 0 Å². The molecule has 0 amide bonds. The van der Waals surface area contributed by atoms with Crippen LogP contribution in [0.3, 0.4) is 0 Å². The molecule has 3 nitrogen and oxygen atoms in total. The van der Waals surface area contributed by atoms with Gasteiger partial charge in [-0.25, -0.2) is 0 Å². The summed E-state index contributed by atoms with van der Waals surface area (Å²) in [4.78, 5) is 0. The minimum Gasteiger partial charge on any atom is -0.495 e. The second kappa shape index (κ2) is 7.03. The van der Waals surface area contributed by atoms with E-state index in [2.05, 4.69) is 32.2 Å². The molecule has 0 heterocycles. The van der Waals surface area contributed by atoms with Gasteiger partial charge in [0.25, 0.3) is 0 Å². The fourth-order valence-electron chi connectivity index (χ4n) is 1.77. The lowest BCUT2D eigenvalue weighted by Gasteiger charge is -2.20. The van der Waals surface area contributed by atoms with E-state index in [1.807, 2.05) is 18.2 Å². The number of methoxy groups -OCH3 is 1. The summed E-state index contributed by atoms with van der Waals surface area (Å²) >= 11 is 0. The summed E-state index contributed by atoms with van der Waals surface area (Å²) in [6.45, 7) is 7.45. The van der Waals surface area contributed by atoms with Crippen molar-refractivity contribution in [1.82, 2.24) is 5.32 Å². The lowest BCUT2D eigenvalue weighted by atomic mass is 10.0. The Kier molecular flexibility index (Phi) is 5.67. The van der Waals surface area contributed by atoms with Crippen molar-refractivity contribution in [2.24, 2.45) is 5.92 Å². The van der Waals surface area contributed by atoms with E-state index in [4.69, 9.17) is 10.00 Å². The standard InChI is InChI=1S/C15H22N2O/c1-5-11(2)12(3)17-10-13-6-7-14(9-16)15(8-13)18-4/h6-8,11-12,17H,5,10H2,1-4H3. The number of nitrogens with one attached hydrogen (secondary N) is 1. The second-order valence-electron chi connectivity index (χ2n) is 4.70. The highest BCUT2D eigenvalue weighted by Gasteiger charge is 2.10. The molecule has 18 heavy (non-hydrogen) atoms. The molecule has 0 saturated heterocycles. The fourth-order valence-corrected chi connectivity index (χ4v) is 1.77. The van der Waals surface area contributed by atoms with Gasteiger partial charge in [-0.15, -0.1) is 0 Å². The van der Waals surface area contributed by atoms with Crippen LogP contribution in [0.25, 0.3) is 0 Å². The van der Waals surface area contributed by atoms with E-state index in [0.29, 0.717) is 23.3 Å². The predicted octanol–water partition coefficient (Wildman–Crippen LogP) is 3.09. The van der Waals surface area contributed by atoms with Crippen molar-refractivity contribution in [3.05, 3.63) is 29.3 Å². The Morgan fingerprint density at radius 3 is 2.67 bits per heavy atom. The van der Waals surface area contributed by atoms with Gasteiger partial charge in [0, 0.05) is 12.6 Å². The summed E-state index contributed by atoms with van der Waals surface area (Å²) in [6.07, 6.45) is 1.17. The topological polar surface area (TPSA) is 45.0 Å². The summed E-state index contributed by atoms with van der Waals surface area (Å²) in [7, 11) is 1.59. The molecule has 2 unspecified atom stereocenters. The largest absolute Gasteiger partial charge is 0.495 e. The van der Waals surface area contributed by atoms with Crippen molar-refractivity contribution in [3.8, 4) is 11.8 Å². The number of hydrogen-bond acceptors (Lipinski definition) is 3. The van der Waals surface area contributed by atoms with Gasteiger partial charge in [-0.05, 0) is 30.5 Å². The van der Waals surface area contributed by atoms with E-state index in [1.165, 1.54) is 6.42 Å². The maximum atomic E-state index is 8.92. The summed E-state index contributed by atoms with van der Waals surface area (Å²) in [5.41, 5.74) is 1.72. The Hall–Kier alpha value is -1.53. The van der Waals surface area contributed by atoms with Crippen LogP contribution in [0.1, 0.15) is 38.3 Å².